The Hall–Kier alpha value is -1.00. The predicted octanol–water partition coefficient (Wildman–Crippen LogP) is 2.96. The Morgan fingerprint density at radius 3 is 2.67 bits per heavy atom. The van der Waals surface area contributed by atoms with Gasteiger partial charge in [-0.3, -0.25) is 0 Å². The van der Waals surface area contributed by atoms with Crippen LogP contribution >= 0.6 is 0 Å². The van der Waals surface area contributed by atoms with E-state index >= 15 is 0 Å². The van der Waals surface area contributed by atoms with Crippen molar-refractivity contribution in [2.75, 3.05) is 7.11 Å². The fourth-order valence-corrected chi connectivity index (χ4v) is 3.08. The van der Waals surface area contributed by atoms with Gasteiger partial charge in [0.1, 0.15) is 5.82 Å². The van der Waals surface area contributed by atoms with Gasteiger partial charge in [-0.2, -0.15) is 0 Å². The molecule has 1 atom stereocenters. The number of fused-ring (bicyclic) bond motifs is 1. The van der Waals surface area contributed by atoms with Gasteiger partial charge in [0.2, 0.25) is 0 Å². The summed E-state index contributed by atoms with van der Waals surface area (Å²) in [5, 5.41) is 3.52. The first-order chi connectivity index (χ1) is 9.91. The molecule has 1 aromatic heterocycles. The van der Waals surface area contributed by atoms with E-state index < -0.39 is 0 Å². The molecule has 1 N–H and O–H groups in total. The van der Waals surface area contributed by atoms with Crippen molar-refractivity contribution in [3.8, 4) is 0 Å². The zero-order valence-electron chi connectivity index (χ0n) is 14.1. The van der Waals surface area contributed by atoms with Gasteiger partial charge in [-0.05, 0) is 65.4 Å². The number of ether oxygens (including phenoxy) is 1. The molecular formula is C17H29N3O. The second-order valence-electron chi connectivity index (χ2n) is 6.81. The Labute approximate surface area is 128 Å². The standard InChI is InChI=1S/C17H29N3O/c1-12(10-17(3,4)21-5)18-11-16-19-13(2)14-8-6-7-9-15(14)20-16/h12,18H,6-11H2,1-5H3/t12-/m1/s1. The van der Waals surface area contributed by atoms with Crippen molar-refractivity contribution < 1.29 is 4.74 Å². The number of rotatable bonds is 6. The van der Waals surface area contributed by atoms with Gasteiger partial charge in [-0.1, -0.05) is 0 Å². The van der Waals surface area contributed by atoms with E-state index in [0.717, 1.165) is 31.6 Å². The highest BCUT2D eigenvalue weighted by molar-refractivity contribution is 5.27. The van der Waals surface area contributed by atoms with Crippen LogP contribution in [-0.2, 0) is 24.1 Å². The molecule has 1 heterocycles. The summed E-state index contributed by atoms with van der Waals surface area (Å²) in [7, 11) is 1.77. The van der Waals surface area contributed by atoms with Gasteiger partial charge in [0.25, 0.3) is 0 Å². The van der Waals surface area contributed by atoms with Gasteiger partial charge in [0.15, 0.2) is 0 Å². The van der Waals surface area contributed by atoms with Crippen molar-refractivity contribution in [1.82, 2.24) is 15.3 Å². The summed E-state index contributed by atoms with van der Waals surface area (Å²) in [5.41, 5.74) is 3.73. The predicted molar refractivity (Wildman–Crippen MR) is 85.4 cm³/mol. The number of hydrogen-bond donors (Lipinski definition) is 1. The SMILES string of the molecule is COC(C)(C)C[C@@H](C)NCc1nc(C)c2c(n1)CCCC2. The highest BCUT2D eigenvalue weighted by Crippen LogP contribution is 2.21. The summed E-state index contributed by atoms with van der Waals surface area (Å²) in [6, 6.07) is 0.375. The molecule has 1 aromatic rings. The largest absolute Gasteiger partial charge is 0.379 e. The molecule has 0 amide bonds. The molecule has 0 bridgehead atoms. The summed E-state index contributed by atoms with van der Waals surface area (Å²) in [4.78, 5) is 9.43. The maximum atomic E-state index is 5.48. The van der Waals surface area contributed by atoms with Gasteiger partial charge < -0.3 is 10.1 Å². The number of nitrogens with one attached hydrogen (secondary N) is 1. The topological polar surface area (TPSA) is 47.0 Å². The van der Waals surface area contributed by atoms with E-state index in [-0.39, 0.29) is 5.60 Å². The molecule has 2 rings (SSSR count). The third-order valence-electron chi connectivity index (χ3n) is 4.40. The van der Waals surface area contributed by atoms with Crippen LogP contribution in [0.1, 0.15) is 62.8 Å². The van der Waals surface area contributed by atoms with Crippen LogP contribution in [0, 0.1) is 6.92 Å². The first kappa shape index (κ1) is 16.4. The van der Waals surface area contributed by atoms with E-state index in [1.165, 1.54) is 29.8 Å². The average molecular weight is 291 g/mol. The number of methoxy groups -OCH3 is 1. The van der Waals surface area contributed by atoms with Crippen molar-refractivity contribution in [2.45, 2.75) is 78.0 Å². The lowest BCUT2D eigenvalue weighted by Crippen LogP contribution is -2.35. The van der Waals surface area contributed by atoms with Gasteiger partial charge in [-0.25, -0.2) is 9.97 Å². The van der Waals surface area contributed by atoms with Crippen LogP contribution in [0.15, 0.2) is 0 Å². The zero-order chi connectivity index (χ0) is 15.5. The third-order valence-corrected chi connectivity index (χ3v) is 4.40. The minimum absolute atomic E-state index is 0.0982. The van der Waals surface area contributed by atoms with Gasteiger partial charge in [0.05, 0.1) is 12.1 Å². The molecule has 4 nitrogen and oxygen atoms in total. The number of hydrogen-bond acceptors (Lipinski definition) is 4. The minimum Gasteiger partial charge on any atom is -0.379 e. The Bertz CT molecular complexity index is 485. The Morgan fingerprint density at radius 2 is 1.95 bits per heavy atom. The summed E-state index contributed by atoms with van der Waals surface area (Å²) in [6.45, 7) is 9.27. The molecule has 0 spiro atoms. The van der Waals surface area contributed by atoms with Gasteiger partial charge in [-0.15, -0.1) is 0 Å². The summed E-state index contributed by atoms with van der Waals surface area (Å²) < 4.78 is 5.48. The van der Waals surface area contributed by atoms with E-state index in [1.54, 1.807) is 7.11 Å². The lowest BCUT2D eigenvalue weighted by molar-refractivity contribution is 0.00839. The van der Waals surface area contributed by atoms with Crippen LogP contribution < -0.4 is 5.32 Å². The molecule has 1 aliphatic rings. The fourth-order valence-electron chi connectivity index (χ4n) is 3.08. The molecule has 0 saturated heterocycles. The summed E-state index contributed by atoms with van der Waals surface area (Å²) in [6.07, 6.45) is 5.76. The van der Waals surface area contributed by atoms with E-state index in [2.05, 4.69) is 38.0 Å². The van der Waals surface area contributed by atoms with Gasteiger partial charge >= 0.3 is 0 Å². The molecule has 0 aliphatic heterocycles. The minimum atomic E-state index is -0.0982. The second-order valence-corrected chi connectivity index (χ2v) is 6.81. The van der Waals surface area contributed by atoms with Gasteiger partial charge in [0, 0.05) is 24.5 Å². The maximum Gasteiger partial charge on any atom is 0.142 e. The lowest BCUT2D eigenvalue weighted by atomic mass is 9.95. The van der Waals surface area contributed by atoms with Crippen LogP contribution in [-0.4, -0.2) is 28.7 Å². The number of aromatic nitrogens is 2. The Kier molecular flexibility index (Phi) is 5.33. The molecule has 0 saturated carbocycles. The van der Waals surface area contributed by atoms with Crippen LogP contribution in [0.25, 0.3) is 0 Å². The summed E-state index contributed by atoms with van der Waals surface area (Å²) >= 11 is 0. The highest BCUT2D eigenvalue weighted by Gasteiger charge is 2.20. The Morgan fingerprint density at radius 1 is 1.24 bits per heavy atom. The van der Waals surface area contributed by atoms with Crippen molar-refractivity contribution >= 4 is 0 Å². The molecule has 0 aromatic carbocycles. The molecule has 1 aliphatic carbocycles. The number of nitrogens with zero attached hydrogens (tertiary/aromatic N) is 2. The van der Waals surface area contributed by atoms with Crippen molar-refractivity contribution in [3.63, 3.8) is 0 Å². The first-order valence-corrected chi connectivity index (χ1v) is 8.05. The maximum absolute atomic E-state index is 5.48. The van der Waals surface area contributed by atoms with E-state index in [0.29, 0.717) is 6.04 Å². The van der Waals surface area contributed by atoms with E-state index in [4.69, 9.17) is 9.72 Å². The number of aryl methyl sites for hydroxylation is 2. The zero-order valence-corrected chi connectivity index (χ0v) is 14.1. The van der Waals surface area contributed by atoms with Crippen LogP contribution in [0.3, 0.4) is 0 Å². The normalized spacial score (nSPS) is 16.6. The molecule has 21 heavy (non-hydrogen) atoms. The van der Waals surface area contributed by atoms with Crippen molar-refractivity contribution in [3.05, 3.63) is 22.8 Å². The Balaban J connectivity index is 1.96. The smallest absolute Gasteiger partial charge is 0.142 e. The summed E-state index contributed by atoms with van der Waals surface area (Å²) in [5.74, 6) is 0.926. The molecular weight excluding hydrogens is 262 g/mol. The second kappa shape index (κ2) is 6.84. The van der Waals surface area contributed by atoms with E-state index in [1.807, 2.05) is 0 Å². The molecule has 118 valence electrons. The van der Waals surface area contributed by atoms with Crippen molar-refractivity contribution in [2.24, 2.45) is 0 Å². The third kappa shape index (κ3) is 4.48. The average Bonchev–Trinajstić information content (AvgIpc) is 2.45. The van der Waals surface area contributed by atoms with Crippen LogP contribution in [0.4, 0.5) is 0 Å². The quantitative estimate of drug-likeness (QED) is 0.875. The van der Waals surface area contributed by atoms with Crippen LogP contribution in [0.5, 0.6) is 0 Å². The molecule has 0 unspecified atom stereocenters. The van der Waals surface area contributed by atoms with E-state index in [9.17, 15) is 0 Å². The van der Waals surface area contributed by atoms with Crippen molar-refractivity contribution in [1.29, 1.82) is 0 Å². The molecule has 0 radical (unpaired) electrons. The van der Waals surface area contributed by atoms with Crippen LogP contribution in [0.2, 0.25) is 0 Å². The molecule has 4 heteroatoms. The monoisotopic (exact) mass is 291 g/mol. The fraction of sp³-hybridized carbons (Fsp3) is 0.765. The molecule has 0 fully saturated rings. The highest BCUT2D eigenvalue weighted by atomic mass is 16.5. The lowest BCUT2D eigenvalue weighted by Gasteiger charge is -2.27. The first-order valence-electron chi connectivity index (χ1n) is 8.05.